The van der Waals surface area contributed by atoms with Crippen LogP contribution in [0.25, 0.3) is 0 Å². The van der Waals surface area contributed by atoms with Gasteiger partial charge in [-0.1, -0.05) is 6.92 Å². The van der Waals surface area contributed by atoms with Crippen molar-refractivity contribution in [3.8, 4) is 5.75 Å². The van der Waals surface area contributed by atoms with Gasteiger partial charge in [-0.3, -0.25) is 9.59 Å². The Balaban J connectivity index is 1.78. The molecule has 3 N–H and O–H groups in total. The van der Waals surface area contributed by atoms with Gasteiger partial charge in [0.25, 0.3) is 11.5 Å². The van der Waals surface area contributed by atoms with Crippen molar-refractivity contribution in [2.24, 2.45) is 0 Å². The van der Waals surface area contributed by atoms with Gasteiger partial charge < -0.3 is 20.1 Å². The number of fused-ring (bicyclic) bond motifs is 1. The molecular formula is C20H22N2O5. The Morgan fingerprint density at radius 2 is 1.89 bits per heavy atom. The Morgan fingerprint density at radius 3 is 2.59 bits per heavy atom. The number of esters is 1. The normalized spacial score (nSPS) is 12.9. The van der Waals surface area contributed by atoms with E-state index in [4.69, 9.17) is 4.74 Å². The highest BCUT2D eigenvalue weighted by Gasteiger charge is 2.24. The van der Waals surface area contributed by atoms with E-state index >= 15 is 0 Å². The number of ether oxygens (including phenoxy) is 1. The lowest BCUT2D eigenvalue weighted by Crippen LogP contribution is -2.26. The van der Waals surface area contributed by atoms with Crippen LogP contribution >= 0.6 is 0 Å². The summed E-state index contributed by atoms with van der Waals surface area (Å²) in [4.78, 5) is 39.3. The molecule has 0 spiro atoms. The lowest BCUT2D eigenvalue weighted by atomic mass is 9.93. The minimum atomic E-state index is -0.691. The number of rotatable bonds is 5. The second-order valence-electron chi connectivity index (χ2n) is 6.51. The first-order chi connectivity index (χ1) is 13.0. The lowest BCUT2D eigenvalue weighted by Gasteiger charge is -2.18. The van der Waals surface area contributed by atoms with E-state index in [9.17, 15) is 19.5 Å². The number of amides is 1. The van der Waals surface area contributed by atoms with Crippen LogP contribution in [0.15, 0.2) is 29.1 Å². The number of carbonyl (C=O) groups excluding carboxylic acids is 2. The molecule has 0 atom stereocenters. The van der Waals surface area contributed by atoms with Crippen LogP contribution in [0.4, 0.5) is 5.69 Å². The number of aromatic hydroxyl groups is 1. The fourth-order valence-corrected chi connectivity index (χ4v) is 3.13. The minimum absolute atomic E-state index is 0.245. The predicted molar refractivity (Wildman–Crippen MR) is 100 cm³/mol. The van der Waals surface area contributed by atoms with E-state index < -0.39 is 17.4 Å². The van der Waals surface area contributed by atoms with E-state index in [1.165, 1.54) is 12.1 Å². The molecule has 7 heteroatoms. The summed E-state index contributed by atoms with van der Waals surface area (Å²) in [6.07, 6.45) is 3.91. The van der Waals surface area contributed by atoms with Gasteiger partial charge in [0, 0.05) is 16.9 Å². The molecule has 1 aromatic heterocycles. The zero-order valence-corrected chi connectivity index (χ0v) is 15.1. The minimum Gasteiger partial charge on any atom is -0.507 e. The summed E-state index contributed by atoms with van der Waals surface area (Å²) in [5, 5.41) is 13.0. The van der Waals surface area contributed by atoms with Crippen molar-refractivity contribution in [1.29, 1.82) is 0 Å². The highest BCUT2D eigenvalue weighted by Crippen LogP contribution is 2.29. The Morgan fingerprint density at radius 1 is 1.19 bits per heavy atom. The number of carbonyl (C=O) groups is 2. The number of benzene rings is 1. The van der Waals surface area contributed by atoms with Crippen molar-refractivity contribution < 1.29 is 19.4 Å². The van der Waals surface area contributed by atoms with Crippen LogP contribution < -0.4 is 10.9 Å². The first-order valence-electron chi connectivity index (χ1n) is 9.06. The van der Waals surface area contributed by atoms with E-state index in [2.05, 4.69) is 10.3 Å². The number of aromatic nitrogens is 1. The van der Waals surface area contributed by atoms with Gasteiger partial charge >= 0.3 is 5.97 Å². The molecule has 142 valence electrons. The fraction of sp³-hybridized carbons (Fsp3) is 0.350. The van der Waals surface area contributed by atoms with Gasteiger partial charge in [-0.15, -0.1) is 0 Å². The van der Waals surface area contributed by atoms with E-state index in [1.807, 2.05) is 6.92 Å². The third-order valence-corrected chi connectivity index (χ3v) is 4.52. The summed E-state index contributed by atoms with van der Waals surface area (Å²) in [6.45, 7) is 2.25. The van der Waals surface area contributed by atoms with Gasteiger partial charge in [-0.25, -0.2) is 4.79 Å². The molecular weight excluding hydrogens is 348 g/mol. The van der Waals surface area contributed by atoms with Crippen LogP contribution in [0.5, 0.6) is 5.75 Å². The monoisotopic (exact) mass is 370 g/mol. The first kappa shape index (κ1) is 18.7. The third kappa shape index (κ3) is 4.02. The van der Waals surface area contributed by atoms with E-state index in [1.54, 1.807) is 12.1 Å². The number of hydrogen-bond acceptors (Lipinski definition) is 5. The van der Waals surface area contributed by atoms with Crippen LogP contribution in [0.3, 0.4) is 0 Å². The van der Waals surface area contributed by atoms with Gasteiger partial charge in [0.2, 0.25) is 0 Å². The SMILES string of the molecule is CCCOC(=O)c1ccc(NC(=O)c2c(O)c3c([nH]c2=O)CCCC3)cc1. The molecule has 1 aromatic carbocycles. The van der Waals surface area contributed by atoms with Crippen molar-refractivity contribution in [3.63, 3.8) is 0 Å². The van der Waals surface area contributed by atoms with Crippen LogP contribution in [0.2, 0.25) is 0 Å². The van der Waals surface area contributed by atoms with Gasteiger partial charge in [0.05, 0.1) is 12.2 Å². The number of anilines is 1. The summed E-state index contributed by atoms with van der Waals surface area (Å²) in [5.41, 5.74) is 1.22. The second-order valence-corrected chi connectivity index (χ2v) is 6.51. The smallest absolute Gasteiger partial charge is 0.338 e. The van der Waals surface area contributed by atoms with Crippen molar-refractivity contribution in [1.82, 2.24) is 4.98 Å². The Bertz CT molecular complexity index is 915. The van der Waals surface area contributed by atoms with E-state index in [0.717, 1.165) is 19.3 Å². The van der Waals surface area contributed by atoms with Crippen LogP contribution in [0.1, 0.15) is 58.2 Å². The van der Waals surface area contributed by atoms with Crippen molar-refractivity contribution in [3.05, 3.63) is 57.0 Å². The molecule has 0 unspecified atom stereocenters. The number of pyridine rings is 1. The Labute approximate surface area is 156 Å². The van der Waals surface area contributed by atoms with Crippen LogP contribution in [-0.2, 0) is 17.6 Å². The topological polar surface area (TPSA) is 108 Å². The van der Waals surface area contributed by atoms with E-state index in [-0.39, 0.29) is 11.3 Å². The number of H-pyrrole nitrogens is 1. The molecule has 27 heavy (non-hydrogen) atoms. The molecule has 0 aliphatic heterocycles. The largest absolute Gasteiger partial charge is 0.507 e. The zero-order chi connectivity index (χ0) is 19.4. The quantitative estimate of drug-likeness (QED) is 0.701. The molecule has 1 aliphatic rings. The summed E-state index contributed by atoms with van der Waals surface area (Å²) in [6, 6.07) is 6.16. The molecule has 3 rings (SSSR count). The standard InChI is InChI=1S/C20H22N2O5/c1-2-11-27-20(26)12-7-9-13(10-8-12)21-18(24)16-17(23)14-5-3-4-6-15(14)22-19(16)25/h7-10H,2-6,11H2,1H3,(H,21,24)(H2,22,23,25). The highest BCUT2D eigenvalue weighted by atomic mass is 16.5. The predicted octanol–water partition coefficient (Wildman–Crippen LogP) is 2.78. The highest BCUT2D eigenvalue weighted by molar-refractivity contribution is 6.06. The molecule has 0 radical (unpaired) electrons. The van der Waals surface area contributed by atoms with Gasteiger partial charge in [0.15, 0.2) is 0 Å². The first-order valence-corrected chi connectivity index (χ1v) is 9.06. The molecule has 2 aromatic rings. The van der Waals surface area contributed by atoms with Crippen LogP contribution in [0, 0.1) is 0 Å². The molecule has 1 heterocycles. The lowest BCUT2D eigenvalue weighted by molar-refractivity contribution is 0.0505. The van der Waals surface area contributed by atoms with Crippen LogP contribution in [-0.4, -0.2) is 28.6 Å². The maximum atomic E-state index is 12.5. The van der Waals surface area contributed by atoms with Crippen molar-refractivity contribution in [2.75, 3.05) is 11.9 Å². The third-order valence-electron chi connectivity index (χ3n) is 4.52. The zero-order valence-electron chi connectivity index (χ0n) is 15.1. The average molecular weight is 370 g/mol. The maximum Gasteiger partial charge on any atom is 0.338 e. The summed E-state index contributed by atoms with van der Waals surface area (Å²) in [5.74, 6) is -1.37. The molecule has 0 bridgehead atoms. The van der Waals surface area contributed by atoms with Gasteiger partial charge in [0.1, 0.15) is 11.3 Å². The Kier molecular flexibility index (Phi) is 5.59. The van der Waals surface area contributed by atoms with Gasteiger partial charge in [-0.05, 0) is 56.4 Å². The van der Waals surface area contributed by atoms with Crippen molar-refractivity contribution in [2.45, 2.75) is 39.0 Å². The molecule has 7 nitrogen and oxygen atoms in total. The number of nitrogens with one attached hydrogen (secondary N) is 2. The van der Waals surface area contributed by atoms with E-state index in [0.29, 0.717) is 42.0 Å². The summed E-state index contributed by atoms with van der Waals surface area (Å²) < 4.78 is 5.05. The number of hydrogen-bond donors (Lipinski definition) is 3. The summed E-state index contributed by atoms with van der Waals surface area (Å²) in [7, 11) is 0. The second kappa shape index (κ2) is 8.07. The fourth-order valence-electron chi connectivity index (χ4n) is 3.13. The number of aryl methyl sites for hydroxylation is 1. The molecule has 1 amide bonds. The number of aromatic amines is 1. The Hall–Kier alpha value is -3.09. The molecule has 0 saturated carbocycles. The average Bonchev–Trinajstić information content (AvgIpc) is 2.66. The van der Waals surface area contributed by atoms with Crippen molar-refractivity contribution >= 4 is 17.6 Å². The molecule has 0 saturated heterocycles. The molecule has 1 aliphatic carbocycles. The van der Waals surface area contributed by atoms with Gasteiger partial charge in [-0.2, -0.15) is 0 Å². The molecule has 0 fully saturated rings. The summed E-state index contributed by atoms with van der Waals surface area (Å²) >= 11 is 0. The maximum absolute atomic E-state index is 12.5.